The van der Waals surface area contributed by atoms with Crippen molar-refractivity contribution in [2.45, 2.75) is 24.7 Å². The average molecular weight is 315 g/mol. The van der Waals surface area contributed by atoms with E-state index in [9.17, 15) is 13.2 Å². The number of hydrogen-bond acceptors (Lipinski definition) is 5. The van der Waals surface area contributed by atoms with Crippen molar-refractivity contribution in [1.29, 1.82) is 0 Å². The van der Waals surface area contributed by atoms with Gasteiger partial charge in [0.05, 0.1) is 0 Å². The van der Waals surface area contributed by atoms with Crippen LogP contribution in [-0.2, 0) is 0 Å². The number of aromatic nitrogens is 3. The summed E-state index contributed by atoms with van der Waals surface area (Å²) in [7, 11) is 0. The molecule has 2 atom stereocenters. The van der Waals surface area contributed by atoms with Crippen LogP contribution in [0.25, 0.3) is 5.65 Å². The van der Waals surface area contributed by atoms with Gasteiger partial charge < -0.3 is 10.4 Å². The summed E-state index contributed by atoms with van der Waals surface area (Å²) in [5.41, 5.74) is 0.729. The highest BCUT2D eigenvalue weighted by Gasteiger charge is 2.40. The van der Waals surface area contributed by atoms with E-state index in [2.05, 4.69) is 15.4 Å². The third-order valence-electron chi connectivity index (χ3n) is 3.69. The van der Waals surface area contributed by atoms with E-state index in [1.807, 2.05) is 6.07 Å². The molecule has 0 spiro atoms. The Morgan fingerprint density at radius 3 is 3.00 bits per heavy atom. The van der Waals surface area contributed by atoms with E-state index in [0.717, 1.165) is 5.65 Å². The first-order chi connectivity index (χ1) is 10.4. The molecule has 0 amide bonds. The largest absolute Gasteiger partial charge is 0.415 e. The molecule has 2 aromatic heterocycles. The minimum absolute atomic E-state index is 0.00825. The van der Waals surface area contributed by atoms with Crippen LogP contribution in [0.4, 0.5) is 19.0 Å². The Hall–Kier alpha value is -1.87. The van der Waals surface area contributed by atoms with Crippen LogP contribution in [0.5, 0.6) is 0 Å². The molecular formula is C13H16F3N5O. The highest BCUT2D eigenvalue weighted by molar-refractivity contribution is 5.44. The van der Waals surface area contributed by atoms with Crippen molar-refractivity contribution in [3.05, 3.63) is 24.5 Å². The maximum atomic E-state index is 12.4. The predicted molar refractivity (Wildman–Crippen MR) is 73.5 cm³/mol. The van der Waals surface area contributed by atoms with E-state index >= 15 is 0 Å². The quantitative estimate of drug-likeness (QED) is 0.886. The van der Waals surface area contributed by atoms with Gasteiger partial charge >= 0.3 is 6.18 Å². The number of nitrogens with one attached hydrogen (secondary N) is 1. The fourth-order valence-electron chi connectivity index (χ4n) is 2.57. The summed E-state index contributed by atoms with van der Waals surface area (Å²) >= 11 is 0. The van der Waals surface area contributed by atoms with E-state index in [-0.39, 0.29) is 6.04 Å². The highest BCUT2D eigenvalue weighted by atomic mass is 19.4. The smallest absolute Gasteiger partial charge is 0.382 e. The van der Waals surface area contributed by atoms with Gasteiger partial charge in [-0.1, -0.05) is 0 Å². The number of β-amino-alcohol motifs (C(OH)–C–C–N with tert-alkyl or cyclic N) is 1. The van der Waals surface area contributed by atoms with E-state index in [1.54, 1.807) is 27.9 Å². The van der Waals surface area contributed by atoms with E-state index in [1.165, 1.54) is 0 Å². The van der Waals surface area contributed by atoms with E-state index in [0.29, 0.717) is 25.3 Å². The van der Waals surface area contributed by atoms with Gasteiger partial charge in [0.15, 0.2) is 11.8 Å². The zero-order valence-electron chi connectivity index (χ0n) is 11.7. The monoisotopic (exact) mass is 315 g/mol. The van der Waals surface area contributed by atoms with Crippen molar-refractivity contribution in [2.75, 3.05) is 25.0 Å². The van der Waals surface area contributed by atoms with Crippen LogP contribution in [0.2, 0.25) is 0 Å². The SMILES string of the molecule is O[C@@H](CN1CC[C@@H](Nc2ccc3nccn3n2)C1)C(F)(F)F. The van der Waals surface area contributed by atoms with Crippen LogP contribution in [0.1, 0.15) is 6.42 Å². The standard InChI is InChI=1S/C13H16F3N5O/c14-13(15,16)10(22)8-20-5-3-9(7-20)18-11-1-2-12-17-4-6-21(12)19-11/h1-2,4,6,9-10,22H,3,5,7-8H2,(H,18,19)/t9-,10+/m1/s1. The number of aliphatic hydroxyl groups excluding tert-OH is 1. The van der Waals surface area contributed by atoms with Gasteiger partial charge in [0.2, 0.25) is 0 Å². The molecule has 6 nitrogen and oxygen atoms in total. The molecule has 0 unspecified atom stereocenters. The van der Waals surface area contributed by atoms with Gasteiger partial charge in [-0.05, 0) is 18.6 Å². The number of fused-ring (bicyclic) bond motifs is 1. The summed E-state index contributed by atoms with van der Waals surface area (Å²) in [6.07, 6.45) is -2.80. The Morgan fingerprint density at radius 1 is 1.41 bits per heavy atom. The molecule has 0 radical (unpaired) electrons. The molecule has 22 heavy (non-hydrogen) atoms. The summed E-state index contributed by atoms with van der Waals surface area (Å²) in [5.74, 6) is 0.647. The number of hydrogen-bond donors (Lipinski definition) is 2. The number of imidazole rings is 1. The summed E-state index contributed by atoms with van der Waals surface area (Å²) < 4.78 is 38.7. The summed E-state index contributed by atoms with van der Waals surface area (Å²) in [5, 5.41) is 16.6. The minimum atomic E-state index is -4.57. The van der Waals surface area contributed by atoms with Crippen molar-refractivity contribution in [2.24, 2.45) is 0 Å². The predicted octanol–water partition coefficient (Wildman–Crippen LogP) is 1.14. The molecule has 0 aromatic carbocycles. The second kappa shape index (κ2) is 5.73. The number of anilines is 1. The first kappa shape index (κ1) is 15.0. The van der Waals surface area contributed by atoms with Gasteiger partial charge in [0, 0.05) is 38.1 Å². The number of rotatable bonds is 4. The first-order valence-corrected chi connectivity index (χ1v) is 6.96. The Morgan fingerprint density at radius 2 is 2.23 bits per heavy atom. The second-order valence-electron chi connectivity index (χ2n) is 5.40. The van der Waals surface area contributed by atoms with Gasteiger partial charge in [-0.3, -0.25) is 4.90 Å². The lowest BCUT2D eigenvalue weighted by atomic mass is 10.2. The molecule has 0 aliphatic carbocycles. The molecule has 1 fully saturated rings. The van der Waals surface area contributed by atoms with Crippen LogP contribution < -0.4 is 5.32 Å². The fourth-order valence-corrected chi connectivity index (χ4v) is 2.57. The van der Waals surface area contributed by atoms with Crippen molar-refractivity contribution in [1.82, 2.24) is 19.5 Å². The molecule has 2 N–H and O–H groups in total. The molecule has 3 heterocycles. The molecule has 0 bridgehead atoms. The van der Waals surface area contributed by atoms with Crippen LogP contribution in [0.15, 0.2) is 24.5 Å². The molecule has 2 aromatic rings. The number of likely N-dealkylation sites (tertiary alicyclic amines) is 1. The lowest BCUT2D eigenvalue weighted by Crippen LogP contribution is -2.40. The van der Waals surface area contributed by atoms with Crippen LogP contribution >= 0.6 is 0 Å². The first-order valence-electron chi connectivity index (χ1n) is 6.96. The van der Waals surface area contributed by atoms with Crippen LogP contribution in [-0.4, -0.2) is 62.6 Å². The van der Waals surface area contributed by atoms with Gasteiger partial charge in [0.25, 0.3) is 0 Å². The van der Waals surface area contributed by atoms with Gasteiger partial charge in [-0.15, -0.1) is 5.10 Å². The Bertz CT molecular complexity index is 644. The molecular weight excluding hydrogens is 299 g/mol. The fraction of sp³-hybridized carbons (Fsp3) is 0.538. The third kappa shape index (κ3) is 3.30. The topological polar surface area (TPSA) is 65.7 Å². The van der Waals surface area contributed by atoms with Crippen molar-refractivity contribution >= 4 is 11.5 Å². The van der Waals surface area contributed by atoms with Crippen molar-refractivity contribution < 1.29 is 18.3 Å². The second-order valence-corrected chi connectivity index (χ2v) is 5.40. The number of alkyl halides is 3. The van der Waals surface area contributed by atoms with E-state index in [4.69, 9.17) is 5.11 Å². The number of halogens is 3. The Kier molecular flexibility index (Phi) is 3.92. The van der Waals surface area contributed by atoms with Crippen molar-refractivity contribution in [3.8, 4) is 0 Å². The van der Waals surface area contributed by atoms with Crippen molar-refractivity contribution in [3.63, 3.8) is 0 Å². The van der Waals surface area contributed by atoms with Crippen LogP contribution in [0.3, 0.4) is 0 Å². The highest BCUT2D eigenvalue weighted by Crippen LogP contribution is 2.22. The third-order valence-corrected chi connectivity index (χ3v) is 3.69. The normalized spacial score (nSPS) is 21.4. The molecule has 1 saturated heterocycles. The van der Waals surface area contributed by atoms with Crippen LogP contribution in [0, 0.1) is 0 Å². The molecule has 0 saturated carbocycles. The molecule has 9 heteroatoms. The summed E-state index contributed by atoms with van der Waals surface area (Å²) in [4.78, 5) is 5.69. The van der Waals surface area contributed by atoms with Gasteiger partial charge in [0.1, 0.15) is 5.82 Å². The minimum Gasteiger partial charge on any atom is -0.382 e. The molecule has 1 aliphatic heterocycles. The maximum absolute atomic E-state index is 12.4. The maximum Gasteiger partial charge on any atom is 0.415 e. The van der Waals surface area contributed by atoms with Gasteiger partial charge in [-0.2, -0.15) is 13.2 Å². The lowest BCUT2D eigenvalue weighted by molar-refractivity contribution is -0.207. The number of aliphatic hydroxyl groups is 1. The van der Waals surface area contributed by atoms with E-state index < -0.39 is 18.8 Å². The Labute approximate surface area is 124 Å². The molecule has 3 rings (SSSR count). The lowest BCUT2D eigenvalue weighted by Gasteiger charge is -2.22. The average Bonchev–Trinajstić information content (AvgIpc) is 3.06. The summed E-state index contributed by atoms with van der Waals surface area (Å²) in [6.45, 7) is 0.560. The summed E-state index contributed by atoms with van der Waals surface area (Å²) in [6, 6.07) is 3.61. The van der Waals surface area contributed by atoms with Gasteiger partial charge in [-0.25, -0.2) is 9.50 Å². The zero-order valence-corrected chi connectivity index (χ0v) is 11.7. The number of nitrogens with zero attached hydrogens (tertiary/aromatic N) is 4. The molecule has 120 valence electrons. The zero-order chi connectivity index (χ0) is 15.7. The molecule has 1 aliphatic rings. The Balaban J connectivity index is 1.56.